The SMILES string of the molecule is CC1(C)CC(=O)N(Nc2ccc(C(F)(F)F)c(-c3ccccc3)n2)C1=O. The quantitative estimate of drug-likeness (QED) is 0.841. The Labute approximate surface area is 147 Å². The maximum atomic E-state index is 13.3. The average molecular weight is 363 g/mol. The molecule has 0 bridgehead atoms. The third-order valence-corrected chi connectivity index (χ3v) is 4.10. The van der Waals surface area contributed by atoms with E-state index in [9.17, 15) is 22.8 Å². The monoisotopic (exact) mass is 363 g/mol. The van der Waals surface area contributed by atoms with Gasteiger partial charge in [-0.3, -0.25) is 15.0 Å². The molecule has 0 radical (unpaired) electrons. The highest BCUT2D eigenvalue weighted by molar-refractivity contribution is 6.06. The van der Waals surface area contributed by atoms with Crippen molar-refractivity contribution in [2.24, 2.45) is 5.41 Å². The first kappa shape index (κ1) is 17.9. The van der Waals surface area contributed by atoms with E-state index < -0.39 is 29.0 Å². The van der Waals surface area contributed by atoms with Crippen molar-refractivity contribution in [3.8, 4) is 11.3 Å². The van der Waals surface area contributed by atoms with E-state index in [1.165, 1.54) is 12.1 Å². The lowest BCUT2D eigenvalue weighted by molar-refractivity contribution is -0.139. The molecule has 1 aromatic heterocycles. The fourth-order valence-electron chi connectivity index (χ4n) is 2.74. The molecule has 0 spiro atoms. The molecular formula is C18H16F3N3O2. The predicted octanol–water partition coefficient (Wildman–Crippen LogP) is 3.88. The number of alkyl halides is 3. The van der Waals surface area contributed by atoms with Crippen molar-refractivity contribution in [1.82, 2.24) is 9.99 Å². The second-order valence-corrected chi connectivity index (χ2v) is 6.66. The number of imide groups is 1. The normalized spacial score (nSPS) is 16.9. The van der Waals surface area contributed by atoms with Crippen LogP contribution in [0.15, 0.2) is 42.5 Å². The van der Waals surface area contributed by atoms with Gasteiger partial charge >= 0.3 is 6.18 Å². The molecule has 1 fully saturated rings. The first-order chi connectivity index (χ1) is 12.1. The summed E-state index contributed by atoms with van der Waals surface area (Å²) in [6.07, 6.45) is -4.57. The maximum absolute atomic E-state index is 13.3. The van der Waals surface area contributed by atoms with E-state index in [1.54, 1.807) is 32.0 Å². The molecule has 3 rings (SSSR count). The van der Waals surface area contributed by atoms with Crippen LogP contribution in [0, 0.1) is 5.41 Å². The third kappa shape index (κ3) is 3.26. The van der Waals surface area contributed by atoms with Crippen molar-refractivity contribution in [2.45, 2.75) is 26.4 Å². The zero-order valence-electron chi connectivity index (χ0n) is 14.1. The summed E-state index contributed by atoms with van der Waals surface area (Å²) in [5.74, 6) is -0.926. The second kappa shape index (κ2) is 6.12. The number of hydrogen-bond acceptors (Lipinski definition) is 4. The molecule has 5 nitrogen and oxygen atoms in total. The number of nitrogens with one attached hydrogen (secondary N) is 1. The standard InChI is InChI=1S/C18H16F3N3O2/c1-17(2)10-14(25)24(16(17)26)23-13-9-8-12(18(19,20)21)15(22-13)11-6-4-3-5-7-11/h3-9H,10H2,1-2H3,(H,22,23). The molecular weight excluding hydrogens is 347 g/mol. The van der Waals surface area contributed by atoms with Gasteiger partial charge in [0.15, 0.2) is 0 Å². The number of halogens is 3. The van der Waals surface area contributed by atoms with Crippen LogP contribution in [0.3, 0.4) is 0 Å². The van der Waals surface area contributed by atoms with Gasteiger partial charge < -0.3 is 0 Å². The third-order valence-electron chi connectivity index (χ3n) is 4.10. The van der Waals surface area contributed by atoms with Gasteiger partial charge in [0.05, 0.1) is 16.7 Å². The first-order valence-electron chi connectivity index (χ1n) is 7.87. The van der Waals surface area contributed by atoms with Crippen LogP contribution in [0.2, 0.25) is 0 Å². The van der Waals surface area contributed by atoms with Crippen LogP contribution in [0.5, 0.6) is 0 Å². The van der Waals surface area contributed by atoms with Crippen molar-refractivity contribution in [2.75, 3.05) is 5.43 Å². The average Bonchev–Trinajstić information content (AvgIpc) is 2.76. The van der Waals surface area contributed by atoms with Crippen LogP contribution in [-0.2, 0) is 15.8 Å². The Morgan fingerprint density at radius 2 is 1.73 bits per heavy atom. The highest BCUT2D eigenvalue weighted by Gasteiger charge is 2.45. The molecule has 0 unspecified atom stereocenters. The van der Waals surface area contributed by atoms with Crippen molar-refractivity contribution < 1.29 is 22.8 Å². The Balaban J connectivity index is 2.00. The lowest BCUT2D eigenvalue weighted by Crippen LogP contribution is -2.38. The fourth-order valence-corrected chi connectivity index (χ4v) is 2.74. The number of carbonyl (C=O) groups is 2. The molecule has 26 heavy (non-hydrogen) atoms. The van der Waals surface area contributed by atoms with Gasteiger partial charge in [0.25, 0.3) is 5.91 Å². The highest BCUT2D eigenvalue weighted by Crippen LogP contribution is 2.37. The van der Waals surface area contributed by atoms with Gasteiger partial charge in [0.1, 0.15) is 5.82 Å². The van der Waals surface area contributed by atoms with Crippen molar-refractivity contribution in [3.63, 3.8) is 0 Å². The molecule has 2 heterocycles. The van der Waals surface area contributed by atoms with E-state index in [4.69, 9.17) is 0 Å². The Kier molecular flexibility index (Phi) is 4.21. The summed E-state index contributed by atoms with van der Waals surface area (Å²) in [6.45, 7) is 3.26. The van der Waals surface area contributed by atoms with Crippen LogP contribution < -0.4 is 5.43 Å². The number of hydrazine groups is 1. The Morgan fingerprint density at radius 1 is 1.08 bits per heavy atom. The van der Waals surface area contributed by atoms with E-state index in [1.807, 2.05) is 0 Å². The van der Waals surface area contributed by atoms with Crippen molar-refractivity contribution in [3.05, 3.63) is 48.0 Å². The highest BCUT2D eigenvalue weighted by atomic mass is 19.4. The largest absolute Gasteiger partial charge is 0.418 e. The minimum Gasteiger partial charge on any atom is -0.272 e. The molecule has 1 N–H and O–H groups in total. The van der Waals surface area contributed by atoms with Gasteiger partial charge in [-0.15, -0.1) is 0 Å². The molecule has 0 saturated carbocycles. The van der Waals surface area contributed by atoms with Gasteiger partial charge in [-0.05, 0) is 12.1 Å². The summed E-state index contributed by atoms with van der Waals surface area (Å²) in [5.41, 5.74) is 0.787. The number of nitrogens with zero attached hydrogens (tertiary/aromatic N) is 2. The summed E-state index contributed by atoms with van der Waals surface area (Å²) < 4.78 is 40.0. The number of benzene rings is 1. The van der Waals surface area contributed by atoms with Crippen LogP contribution >= 0.6 is 0 Å². The summed E-state index contributed by atoms with van der Waals surface area (Å²) in [6, 6.07) is 9.89. The van der Waals surface area contributed by atoms with E-state index in [2.05, 4.69) is 10.4 Å². The molecule has 1 aliphatic heterocycles. The number of hydrogen-bond donors (Lipinski definition) is 1. The number of carbonyl (C=O) groups excluding carboxylic acids is 2. The first-order valence-corrected chi connectivity index (χ1v) is 7.87. The van der Waals surface area contributed by atoms with Crippen LogP contribution in [0.1, 0.15) is 25.8 Å². The molecule has 2 amide bonds. The Morgan fingerprint density at radius 3 is 2.27 bits per heavy atom. The predicted molar refractivity (Wildman–Crippen MR) is 88.5 cm³/mol. The van der Waals surface area contributed by atoms with Crippen molar-refractivity contribution in [1.29, 1.82) is 0 Å². The Hall–Kier alpha value is -2.90. The molecule has 1 aliphatic rings. The van der Waals surface area contributed by atoms with Gasteiger partial charge in [0.2, 0.25) is 5.91 Å². The number of rotatable bonds is 3. The fraction of sp³-hybridized carbons (Fsp3) is 0.278. The van der Waals surface area contributed by atoms with Gasteiger partial charge in [0, 0.05) is 12.0 Å². The summed E-state index contributed by atoms with van der Waals surface area (Å²) in [5, 5.41) is 0.810. The molecule has 0 atom stereocenters. The zero-order chi connectivity index (χ0) is 19.1. The van der Waals surface area contributed by atoms with Gasteiger partial charge in [-0.1, -0.05) is 44.2 Å². The number of anilines is 1. The topological polar surface area (TPSA) is 62.3 Å². The summed E-state index contributed by atoms with van der Waals surface area (Å²) in [4.78, 5) is 28.3. The lowest BCUT2D eigenvalue weighted by atomic mass is 9.92. The van der Waals surface area contributed by atoms with Gasteiger partial charge in [-0.25, -0.2) is 4.98 Å². The van der Waals surface area contributed by atoms with E-state index >= 15 is 0 Å². The maximum Gasteiger partial charge on any atom is 0.418 e. The minimum atomic E-state index is -4.59. The second-order valence-electron chi connectivity index (χ2n) is 6.66. The summed E-state index contributed by atoms with van der Waals surface area (Å²) in [7, 11) is 0. The van der Waals surface area contributed by atoms with E-state index in [0.717, 1.165) is 17.1 Å². The summed E-state index contributed by atoms with van der Waals surface area (Å²) >= 11 is 0. The molecule has 136 valence electrons. The van der Waals surface area contributed by atoms with Gasteiger partial charge in [-0.2, -0.15) is 18.2 Å². The van der Waals surface area contributed by atoms with Crippen molar-refractivity contribution >= 4 is 17.6 Å². The number of pyridine rings is 1. The zero-order valence-corrected chi connectivity index (χ0v) is 14.1. The number of aromatic nitrogens is 1. The van der Waals surface area contributed by atoms with E-state index in [-0.39, 0.29) is 23.5 Å². The van der Waals surface area contributed by atoms with E-state index in [0.29, 0.717) is 0 Å². The Bertz CT molecular complexity index is 864. The lowest BCUT2D eigenvalue weighted by Gasteiger charge is -2.20. The van der Waals surface area contributed by atoms with Crippen LogP contribution in [0.4, 0.5) is 19.0 Å². The smallest absolute Gasteiger partial charge is 0.272 e. The molecule has 1 saturated heterocycles. The molecule has 0 aliphatic carbocycles. The molecule has 1 aromatic carbocycles. The molecule has 8 heteroatoms. The minimum absolute atomic E-state index is 0.0174. The van der Waals surface area contributed by atoms with Crippen LogP contribution in [-0.4, -0.2) is 21.8 Å². The number of amides is 2. The van der Waals surface area contributed by atoms with Crippen LogP contribution in [0.25, 0.3) is 11.3 Å². The molecule has 2 aromatic rings.